The number of rotatable bonds is 8. The lowest BCUT2D eigenvalue weighted by Crippen LogP contribution is -2.64. The average Bonchev–Trinajstić information content (AvgIpc) is 2.71. The SMILES string of the molecule is CCOc1cc(CNC23CC4CC(CC(O)(C4)C2)C3)cc(Cl)c1OCc1ccccc1Cl. The molecular weight excluding hydrogens is 445 g/mol. The number of ether oxygens (including phenoxy) is 2. The first kappa shape index (κ1) is 22.3. The standard InChI is InChI=1S/C26H31Cl2NO3/c1-2-31-23-9-17(8-22(28)24(23)32-15-20-5-3-4-6-21(20)27)14-29-25-10-18-7-19(11-25)13-26(30,12-18)16-25/h3-6,8-9,18-19,29-30H,2,7,10-16H2,1H3. The number of hydrogen-bond acceptors (Lipinski definition) is 4. The van der Waals surface area contributed by atoms with Gasteiger partial charge in [-0.3, -0.25) is 0 Å². The zero-order chi connectivity index (χ0) is 22.3. The highest BCUT2D eigenvalue weighted by atomic mass is 35.5. The fraction of sp³-hybridized carbons (Fsp3) is 0.538. The van der Waals surface area contributed by atoms with Gasteiger partial charge in [0.15, 0.2) is 11.5 Å². The Morgan fingerprint density at radius 1 is 1.03 bits per heavy atom. The molecule has 2 aromatic carbocycles. The van der Waals surface area contributed by atoms with E-state index in [0.29, 0.717) is 53.1 Å². The monoisotopic (exact) mass is 475 g/mol. The third-order valence-electron chi connectivity index (χ3n) is 7.40. The topological polar surface area (TPSA) is 50.7 Å². The molecular formula is C26H31Cl2NO3. The summed E-state index contributed by atoms with van der Waals surface area (Å²) in [5.74, 6) is 2.49. The molecule has 0 spiro atoms. The van der Waals surface area contributed by atoms with Gasteiger partial charge in [0.2, 0.25) is 0 Å². The van der Waals surface area contributed by atoms with E-state index in [-0.39, 0.29) is 5.54 Å². The van der Waals surface area contributed by atoms with Gasteiger partial charge in [-0.15, -0.1) is 0 Å². The molecule has 4 fully saturated rings. The summed E-state index contributed by atoms with van der Waals surface area (Å²) in [5.41, 5.74) is 1.53. The normalized spacial score (nSPS) is 30.5. The van der Waals surface area contributed by atoms with E-state index in [9.17, 15) is 5.11 Å². The Morgan fingerprint density at radius 2 is 1.78 bits per heavy atom. The van der Waals surface area contributed by atoms with Gasteiger partial charge in [-0.2, -0.15) is 0 Å². The molecule has 2 atom stereocenters. The predicted molar refractivity (Wildman–Crippen MR) is 128 cm³/mol. The molecule has 4 bridgehead atoms. The summed E-state index contributed by atoms with van der Waals surface area (Å²) in [4.78, 5) is 0. The Hall–Kier alpha value is -1.46. The molecule has 0 aromatic heterocycles. The first-order valence-electron chi connectivity index (χ1n) is 11.7. The molecule has 4 nitrogen and oxygen atoms in total. The molecule has 2 unspecified atom stereocenters. The van der Waals surface area contributed by atoms with Gasteiger partial charge in [-0.25, -0.2) is 0 Å². The fourth-order valence-electron chi connectivity index (χ4n) is 6.60. The quantitative estimate of drug-likeness (QED) is 0.480. The minimum absolute atomic E-state index is 0.0380. The van der Waals surface area contributed by atoms with Crippen LogP contribution in [-0.2, 0) is 13.2 Å². The summed E-state index contributed by atoms with van der Waals surface area (Å²) in [6.07, 6.45) is 6.42. The van der Waals surface area contributed by atoms with Crippen molar-refractivity contribution in [3.05, 3.63) is 57.6 Å². The highest BCUT2D eigenvalue weighted by Crippen LogP contribution is 2.57. The zero-order valence-corrected chi connectivity index (χ0v) is 20.0. The minimum atomic E-state index is -0.471. The second-order valence-electron chi connectivity index (χ2n) is 10.0. The van der Waals surface area contributed by atoms with Gasteiger partial charge < -0.3 is 19.9 Å². The molecule has 0 heterocycles. The lowest BCUT2D eigenvalue weighted by atomic mass is 9.51. The zero-order valence-electron chi connectivity index (χ0n) is 18.5. The van der Waals surface area contributed by atoms with Crippen LogP contribution in [0, 0.1) is 11.8 Å². The Bertz CT molecular complexity index is 981. The van der Waals surface area contributed by atoms with Gasteiger partial charge >= 0.3 is 0 Å². The van der Waals surface area contributed by atoms with Crippen molar-refractivity contribution >= 4 is 23.2 Å². The molecule has 0 saturated heterocycles. The molecule has 2 aromatic rings. The van der Waals surface area contributed by atoms with E-state index in [2.05, 4.69) is 5.32 Å². The van der Waals surface area contributed by atoms with Gasteiger partial charge in [0.1, 0.15) is 6.61 Å². The predicted octanol–water partition coefficient (Wildman–Crippen LogP) is 6.14. The van der Waals surface area contributed by atoms with Crippen molar-refractivity contribution in [2.24, 2.45) is 11.8 Å². The molecule has 0 amide bonds. The Kier molecular flexibility index (Phi) is 6.08. The molecule has 172 valence electrons. The van der Waals surface area contributed by atoms with Gasteiger partial charge in [0.25, 0.3) is 0 Å². The van der Waals surface area contributed by atoms with Crippen LogP contribution >= 0.6 is 23.2 Å². The maximum Gasteiger partial charge on any atom is 0.180 e. The molecule has 6 rings (SSSR count). The van der Waals surface area contributed by atoms with E-state index in [1.54, 1.807) is 0 Å². The summed E-state index contributed by atoms with van der Waals surface area (Å²) >= 11 is 12.9. The van der Waals surface area contributed by atoms with E-state index in [1.807, 2.05) is 43.3 Å². The fourth-order valence-corrected chi connectivity index (χ4v) is 7.08. The number of nitrogens with one attached hydrogen (secondary N) is 1. The summed E-state index contributed by atoms with van der Waals surface area (Å²) < 4.78 is 11.9. The van der Waals surface area contributed by atoms with Gasteiger partial charge in [-0.1, -0.05) is 41.4 Å². The van der Waals surface area contributed by atoms with Crippen molar-refractivity contribution in [3.8, 4) is 11.5 Å². The summed E-state index contributed by atoms with van der Waals surface area (Å²) in [5, 5.41) is 16.0. The van der Waals surface area contributed by atoms with Crippen LogP contribution in [0.2, 0.25) is 10.0 Å². The number of hydrogen-bond donors (Lipinski definition) is 2. The van der Waals surface area contributed by atoms with Crippen LogP contribution in [0.15, 0.2) is 36.4 Å². The number of aliphatic hydroxyl groups is 1. The van der Waals surface area contributed by atoms with Crippen LogP contribution < -0.4 is 14.8 Å². The van der Waals surface area contributed by atoms with Crippen molar-refractivity contribution in [2.75, 3.05) is 6.61 Å². The smallest absolute Gasteiger partial charge is 0.180 e. The van der Waals surface area contributed by atoms with E-state index < -0.39 is 5.60 Å². The molecule has 6 heteroatoms. The largest absolute Gasteiger partial charge is 0.490 e. The van der Waals surface area contributed by atoms with Crippen molar-refractivity contribution in [1.29, 1.82) is 0 Å². The second-order valence-corrected chi connectivity index (χ2v) is 10.9. The lowest BCUT2D eigenvalue weighted by molar-refractivity contribution is -0.142. The first-order chi connectivity index (χ1) is 15.4. The Labute approximate surface area is 200 Å². The first-order valence-corrected chi connectivity index (χ1v) is 12.4. The molecule has 4 aliphatic carbocycles. The van der Waals surface area contributed by atoms with Gasteiger partial charge in [0.05, 0.1) is 17.2 Å². The minimum Gasteiger partial charge on any atom is -0.490 e. The van der Waals surface area contributed by atoms with E-state index in [4.69, 9.17) is 32.7 Å². The van der Waals surface area contributed by atoms with E-state index in [1.165, 1.54) is 6.42 Å². The van der Waals surface area contributed by atoms with Crippen LogP contribution in [0.25, 0.3) is 0 Å². The summed E-state index contributed by atoms with van der Waals surface area (Å²) in [7, 11) is 0. The van der Waals surface area contributed by atoms with Crippen molar-refractivity contribution in [1.82, 2.24) is 5.32 Å². The Morgan fingerprint density at radius 3 is 2.47 bits per heavy atom. The third-order valence-corrected chi connectivity index (χ3v) is 8.05. The highest BCUT2D eigenvalue weighted by molar-refractivity contribution is 6.32. The molecule has 4 saturated carbocycles. The molecule has 32 heavy (non-hydrogen) atoms. The van der Waals surface area contributed by atoms with Crippen molar-refractivity contribution in [3.63, 3.8) is 0 Å². The molecule has 2 N–H and O–H groups in total. The van der Waals surface area contributed by atoms with Crippen LogP contribution in [-0.4, -0.2) is 22.9 Å². The third kappa shape index (κ3) is 4.48. The number of halogens is 2. The second kappa shape index (κ2) is 8.72. The van der Waals surface area contributed by atoms with Gasteiger partial charge in [-0.05, 0) is 81.0 Å². The lowest BCUT2D eigenvalue weighted by Gasteiger charge is -2.60. The van der Waals surface area contributed by atoms with Crippen molar-refractivity contribution < 1.29 is 14.6 Å². The summed E-state index contributed by atoms with van der Waals surface area (Å²) in [6, 6.07) is 11.6. The van der Waals surface area contributed by atoms with E-state index >= 15 is 0 Å². The van der Waals surface area contributed by atoms with Crippen molar-refractivity contribution in [2.45, 2.75) is 69.7 Å². The van der Waals surface area contributed by atoms with Crippen LogP contribution in [0.1, 0.15) is 56.6 Å². The van der Waals surface area contributed by atoms with Gasteiger partial charge in [0, 0.05) is 22.7 Å². The molecule has 0 radical (unpaired) electrons. The summed E-state index contributed by atoms with van der Waals surface area (Å²) in [6.45, 7) is 3.49. The Balaban J connectivity index is 1.31. The molecule has 0 aliphatic heterocycles. The maximum absolute atomic E-state index is 11.0. The maximum atomic E-state index is 11.0. The average molecular weight is 476 g/mol. The molecule has 4 aliphatic rings. The highest BCUT2D eigenvalue weighted by Gasteiger charge is 2.56. The van der Waals surface area contributed by atoms with Crippen LogP contribution in [0.5, 0.6) is 11.5 Å². The van der Waals surface area contributed by atoms with Crippen LogP contribution in [0.3, 0.4) is 0 Å². The number of benzene rings is 2. The van der Waals surface area contributed by atoms with E-state index in [0.717, 1.165) is 43.2 Å². The van der Waals surface area contributed by atoms with Crippen LogP contribution in [0.4, 0.5) is 0 Å².